The highest BCUT2D eigenvalue weighted by molar-refractivity contribution is 4.97. The third kappa shape index (κ3) is 2.34. The van der Waals surface area contributed by atoms with E-state index in [9.17, 15) is 0 Å². The lowest BCUT2D eigenvalue weighted by Crippen LogP contribution is -2.22. The molecule has 0 aliphatic carbocycles. The van der Waals surface area contributed by atoms with Crippen molar-refractivity contribution in [3.63, 3.8) is 0 Å². The Morgan fingerprint density at radius 2 is 2.08 bits per heavy atom. The van der Waals surface area contributed by atoms with E-state index in [0.29, 0.717) is 0 Å². The molecule has 0 spiro atoms. The van der Waals surface area contributed by atoms with Crippen LogP contribution in [0.5, 0.6) is 0 Å². The Balaban J connectivity index is 2.50. The largest absolute Gasteiger partial charge is 0.345 e. The Labute approximate surface area is 73.8 Å². The summed E-state index contributed by atoms with van der Waals surface area (Å²) in [4.78, 5) is 9.81. The van der Waals surface area contributed by atoms with Crippen LogP contribution in [0.1, 0.15) is 25.4 Å². The summed E-state index contributed by atoms with van der Waals surface area (Å²) >= 11 is 0. The lowest BCUT2D eigenvalue weighted by molar-refractivity contribution is 0.289. The number of hydrogen-bond donors (Lipinski definition) is 1. The maximum atomic E-state index is 4.25. The van der Waals surface area contributed by atoms with Crippen LogP contribution in [0.3, 0.4) is 0 Å². The Kier molecular flexibility index (Phi) is 3.29. The van der Waals surface area contributed by atoms with Gasteiger partial charge in [-0.05, 0) is 20.0 Å². The minimum absolute atomic E-state index is 0.931. The van der Waals surface area contributed by atoms with Gasteiger partial charge in [0.25, 0.3) is 0 Å². The number of H-pyrrole nitrogens is 1. The van der Waals surface area contributed by atoms with E-state index in [1.165, 1.54) is 0 Å². The van der Waals surface area contributed by atoms with E-state index in [0.717, 1.165) is 31.2 Å². The van der Waals surface area contributed by atoms with Gasteiger partial charge in [-0.3, -0.25) is 4.90 Å². The summed E-state index contributed by atoms with van der Waals surface area (Å²) in [6.45, 7) is 9.45. The number of nitrogens with zero attached hydrogens (tertiary/aromatic N) is 2. The standard InChI is InChI=1S/C9H17N3/c1-4-12(5-2)7-9-10-6-8(3)11-9/h6H,4-5,7H2,1-3H3,(H,10,11). The topological polar surface area (TPSA) is 31.9 Å². The molecule has 0 saturated heterocycles. The fourth-order valence-electron chi connectivity index (χ4n) is 1.21. The zero-order chi connectivity index (χ0) is 8.97. The van der Waals surface area contributed by atoms with Gasteiger partial charge in [-0.15, -0.1) is 0 Å². The van der Waals surface area contributed by atoms with E-state index < -0.39 is 0 Å². The highest BCUT2D eigenvalue weighted by Crippen LogP contribution is 1.99. The normalized spacial score (nSPS) is 11.0. The average Bonchev–Trinajstić information content (AvgIpc) is 2.47. The quantitative estimate of drug-likeness (QED) is 0.738. The van der Waals surface area contributed by atoms with Crippen LogP contribution in [0, 0.1) is 6.92 Å². The summed E-state index contributed by atoms with van der Waals surface area (Å²) in [5, 5.41) is 0. The Bertz CT molecular complexity index is 225. The van der Waals surface area contributed by atoms with Crippen molar-refractivity contribution in [3.8, 4) is 0 Å². The van der Waals surface area contributed by atoms with Crippen molar-refractivity contribution in [3.05, 3.63) is 17.7 Å². The van der Waals surface area contributed by atoms with Gasteiger partial charge in [0.1, 0.15) is 5.82 Å². The molecule has 0 fully saturated rings. The van der Waals surface area contributed by atoms with Crippen LogP contribution < -0.4 is 0 Å². The van der Waals surface area contributed by atoms with Gasteiger partial charge < -0.3 is 4.98 Å². The lowest BCUT2D eigenvalue weighted by atomic mass is 10.4. The summed E-state index contributed by atoms with van der Waals surface area (Å²) in [5.41, 5.74) is 1.14. The van der Waals surface area contributed by atoms with Crippen molar-refractivity contribution in [2.45, 2.75) is 27.3 Å². The zero-order valence-corrected chi connectivity index (χ0v) is 8.09. The maximum Gasteiger partial charge on any atom is 0.120 e. The molecule has 0 bridgehead atoms. The third-order valence-electron chi connectivity index (χ3n) is 2.02. The van der Waals surface area contributed by atoms with E-state index in [2.05, 4.69) is 28.7 Å². The summed E-state index contributed by atoms with van der Waals surface area (Å²) in [6.07, 6.45) is 1.87. The van der Waals surface area contributed by atoms with Crippen molar-refractivity contribution >= 4 is 0 Å². The Morgan fingerprint density at radius 3 is 2.50 bits per heavy atom. The molecule has 0 amide bonds. The molecule has 1 aromatic heterocycles. The van der Waals surface area contributed by atoms with Crippen LogP contribution in [0.25, 0.3) is 0 Å². The minimum atomic E-state index is 0.931. The molecule has 0 radical (unpaired) electrons. The van der Waals surface area contributed by atoms with Crippen LogP contribution in [-0.2, 0) is 6.54 Å². The van der Waals surface area contributed by atoms with Crippen LogP contribution in [0.4, 0.5) is 0 Å². The number of aryl methyl sites for hydroxylation is 1. The Morgan fingerprint density at radius 1 is 1.42 bits per heavy atom. The van der Waals surface area contributed by atoms with Gasteiger partial charge >= 0.3 is 0 Å². The molecule has 12 heavy (non-hydrogen) atoms. The molecule has 0 aliphatic rings. The molecule has 1 rings (SSSR count). The molecule has 1 heterocycles. The zero-order valence-electron chi connectivity index (χ0n) is 8.09. The fourth-order valence-corrected chi connectivity index (χ4v) is 1.21. The number of hydrogen-bond acceptors (Lipinski definition) is 2. The summed E-state index contributed by atoms with van der Waals surface area (Å²) in [5.74, 6) is 1.07. The summed E-state index contributed by atoms with van der Waals surface area (Å²) < 4.78 is 0. The van der Waals surface area contributed by atoms with E-state index >= 15 is 0 Å². The molecule has 0 unspecified atom stereocenters. The van der Waals surface area contributed by atoms with Gasteiger partial charge in [-0.2, -0.15) is 0 Å². The van der Waals surface area contributed by atoms with E-state index in [1.807, 2.05) is 13.1 Å². The van der Waals surface area contributed by atoms with E-state index in [1.54, 1.807) is 0 Å². The molecule has 0 aliphatic heterocycles. The van der Waals surface area contributed by atoms with Crippen molar-refractivity contribution in [2.75, 3.05) is 13.1 Å². The van der Waals surface area contributed by atoms with Gasteiger partial charge in [0.2, 0.25) is 0 Å². The fraction of sp³-hybridized carbons (Fsp3) is 0.667. The highest BCUT2D eigenvalue weighted by Gasteiger charge is 2.02. The SMILES string of the molecule is CCN(CC)Cc1ncc(C)[nH]1. The van der Waals surface area contributed by atoms with E-state index in [4.69, 9.17) is 0 Å². The molecule has 3 heteroatoms. The maximum absolute atomic E-state index is 4.25. The third-order valence-corrected chi connectivity index (χ3v) is 2.02. The average molecular weight is 167 g/mol. The first-order chi connectivity index (χ1) is 5.76. The molecular weight excluding hydrogens is 150 g/mol. The number of rotatable bonds is 4. The predicted octanol–water partition coefficient (Wildman–Crippen LogP) is 1.56. The second-order valence-corrected chi connectivity index (χ2v) is 2.97. The monoisotopic (exact) mass is 167 g/mol. The molecule has 0 aromatic carbocycles. The highest BCUT2D eigenvalue weighted by atomic mass is 15.1. The van der Waals surface area contributed by atoms with Crippen molar-refractivity contribution < 1.29 is 0 Å². The van der Waals surface area contributed by atoms with Gasteiger partial charge in [0.15, 0.2) is 0 Å². The number of imidazole rings is 1. The summed E-state index contributed by atoms with van der Waals surface area (Å²) in [6, 6.07) is 0. The molecular formula is C9H17N3. The number of aromatic amines is 1. The second-order valence-electron chi connectivity index (χ2n) is 2.97. The summed E-state index contributed by atoms with van der Waals surface area (Å²) in [7, 11) is 0. The van der Waals surface area contributed by atoms with Crippen molar-refractivity contribution in [1.29, 1.82) is 0 Å². The van der Waals surface area contributed by atoms with Crippen LogP contribution >= 0.6 is 0 Å². The van der Waals surface area contributed by atoms with E-state index in [-0.39, 0.29) is 0 Å². The first-order valence-electron chi connectivity index (χ1n) is 4.49. The Hall–Kier alpha value is -0.830. The minimum Gasteiger partial charge on any atom is -0.345 e. The molecule has 68 valence electrons. The van der Waals surface area contributed by atoms with Gasteiger partial charge in [0, 0.05) is 11.9 Å². The predicted molar refractivity (Wildman–Crippen MR) is 49.9 cm³/mol. The first kappa shape index (κ1) is 9.26. The second kappa shape index (κ2) is 4.26. The van der Waals surface area contributed by atoms with Crippen molar-refractivity contribution in [2.24, 2.45) is 0 Å². The van der Waals surface area contributed by atoms with Crippen LogP contribution in [-0.4, -0.2) is 28.0 Å². The van der Waals surface area contributed by atoms with Gasteiger partial charge in [-0.1, -0.05) is 13.8 Å². The molecule has 1 N–H and O–H groups in total. The molecule has 1 aromatic rings. The number of aromatic nitrogens is 2. The van der Waals surface area contributed by atoms with Crippen LogP contribution in [0.15, 0.2) is 6.20 Å². The first-order valence-corrected chi connectivity index (χ1v) is 4.49. The molecule has 0 saturated carbocycles. The lowest BCUT2D eigenvalue weighted by Gasteiger charge is -2.15. The van der Waals surface area contributed by atoms with Crippen LogP contribution in [0.2, 0.25) is 0 Å². The van der Waals surface area contributed by atoms with Crippen molar-refractivity contribution in [1.82, 2.24) is 14.9 Å². The van der Waals surface area contributed by atoms with Gasteiger partial charge in [0.05, 0.1) is 6.54 Å². The van der Waals surface area contributed by atoms with Gasteiger partial charge in [-0.25, -0.2) is 4.98 Å². The molecule has 3 nitrogen and oxygen atoms in total. The number of nitrogens with one attached hydrogen (secondary N) is 1. The smallest absolute Gasteiger partial charge is 0.120 e. The molecule has 0 atom stereocenters.